The first-order valence-electron chi connectivity index (χ1n) is 4.73. The third-order valence-electron chi connectivity index (χ3n) is 2.27. The van der Waals surface area contributed by atoms with Gasteiger partial charge in [0.2, 0.25) is 0 Å². The Morgan fingerprint density at radius 3 is 2.47 bits per heavy atom. The number of likely N-dealkylation sites (N-methyl/N-ethyl adjacent to an activating group) is 1. The molecule has 1 nitrogen and oxygen atoms in total. The van der Waals surface area contributed by atoms with Crippen molar-refractivity contribution in [1.29, 1.82) is 0 Å². The number of rotatable bonds is 3. The summed E-state index contributed by atoms with van der Waals surface area (Å²) in [4.78, 5) is 0. The molecular weight excluding hydrogens is 203 g/mol. The molecule has 4 heteroatoms. The molecule has 0 aliphatic heterocycles. The summed E-state index contributed by atoms with van der Waals surface area (Å²) in [6, 6.07) is 5.65. The predicted octanol–water partition coefficient (Wildman–Crippen LogP) is 2.69. The molecular formula is C11H14F3N. The number of hydrogen-bond donors (Lipinski definition) is 1. The molecule has 1 unspecified atom stereocenters. The van der Waals surface area contributed by atoms with Crippen molar-refractivity contribution in [3.8, 4) is 0 Å². The second kappa shape index (κ2) is 4.66. The zero-order valence-corrected chi connectivity index (χ0v) is 8.73. The van der Waals surface area contributed by atoms with Crippen LogP contribution in [-0.2, 0) is 6.42 Å². The molecule has 0 radical (unpaired) electrons. The Labute approximate surface area is 87.3 Å². The average Bonchev–Trinajstić information content (AvgIpc) is 2.12. The van der Waals surface area contributed by atoms with E-state index in [1.165, 1.54) is 7.05 Å². The van der Waals surface area contributed by atoms with Gasteiger partial charge in [0.25, 0.3) is 0 Å². The molecule has 1 rings (SSSR count). The highest BCUT2D eigenvalue weighted by molar-refractivity contribution is 5.23. The maximum atomic E-state index is 12.4. The minimum absolute atomic E-state index is 0.0261. The Bertz CT molecular complexity index is 320. The van der Waals surface area contributed by atoms with Gasteiger partial charge in [0, 0.05) is 0 Å². The van der Waals surface area contributed by atoms with E-state index in [9.17, 15) is 13.2 Å². The van der Waals surface area contributed by atoms with Gasteiger partial charge in [-0.15, -0.1) is 0 Å². The first-order chi connectivity index (χ1) is 6.93. The molecule has 84 valence electrons. The Kier molecular flexibility index (Phi) is 3.74. The van der Waals surface area contributed by atoms with Crippen molar-refractivity contribution >= 4 is 0 Å². The molecule has 0 aliphatic rings. The predicted molar refractivity (Wildman–Crippen MR) is 53.8 cm³/mol. The van der Waals surface area contributed by atoms with Crippen LogP contribution in [0.4, 0.5) is 13.2 Å². The van der Waals surface area contributed by atoms with E-state index in [0.717, 1.165) is 5.56 Å². The lowest BCUT2D eigenvalue weighted by Crippen LogP contribution is -2.41. The molecule has 0 saturated heterocycles. The van der Waals surface area contributed by atoms with Gasteiger partial charge in [-0.2, -0.15) is 13.2 Å². The summed E-state index contributed by atoms with van der Waals surface area (Å²) in [5.41, 5.74) is 1.68. The van der Waals surface area contributed by atoms with Crippen LogP contribution in [-0.4, -0.2) is 19.3 Å². The van der Waals surface area contributed by atoms with E-state index in [4.69, 9.17) is 0 Å². The van der Waals surface area contributed by atoms with Crippen LogP contribution < -0.4 is 5.32 Å². The maximum Gasteiger partial charge on any atom is 0.404 e. The summed E-state index contributed by atoms with van der Waals surface area (Å²) in [6.07, 6.45) is -4.22. The molecule has 0 fully saturated rings. The normalized spacial score (nSPS) is 13.9. The first kappa shape index (κ1) is 12.0. The van der Waals surface area contributed by atoms with Gasteiger partial charge < -0.3 is 5.32 Å². The SMILES string of the molecule is CNC(Cc1cccc(C)c1)C(F)(F)F. The standard InChI is InChI=1S/C11H14F3N/c1-8-4-3-5-9(6-8)7-10(15-2)11(12,13)14/h3-6,10,15H,7H2,1-2H3. The van der Waals surface area contributed by atoms with Gasteiger partial charge in [-0.05, 0) is 26.0 Å². The topological polar surface area (TPSA) is 12.0 Å². The Morgan fingerprint density at radius 1 is 1.33 bits per heavy atom. The van der Waals surface area contributed by atoms with Crippen molar-refractivity contribution in [3.63, 3.8) is 0 Å². The van der Waals surface area contributed by atoms with Gasteiger partial charge in [-0.3, -0.25) is 0 Å². The van der Waals surface area contributed by atoms with Crippen molar-refractivity contribution in [3.05, 3.63) is 35.4 Å². The largest absolute Gasteiger partial charge is 0.404 e. The highest BCUT2D eigenvalue weighted by Crippen LogP contribution is 2.23. The van der Waals surface area contributed by atoms with Crippen molar-refractivity contribution < 1.29 is 13.2 Å². The molecule has 0 aromatic heterocycles. The molecule has 0 spiro atoms. The smallest absolute Gasteiger partial charge is 0.309 e. The third kappa shape index (κ3) is 3.55. The second-order valence-corrected chi connectivity index (χ2v) is 3.58. The highest BCUT2D eigenvalue weighted by Gasteiger charge is 2.38. The van der Waals surface area contributed by atoms with E-state index >= 15 is 0 Å². The molecule has 0 saturated carbocycles. The maximum absolute atomic E-state index is 12.4. The van der Waals surface area contributed by atoms with Crippen LogP contribution in [0.2, 0.25) is 0 Å². The lowest BCUT2D eigenvalue weighted by Gasteiger charge is -2.19. The van der Waals surface area contributed by atoms with Crippen LogP contribution in [0.15, 0.2) is 24.3 Å². The van der Waals surface area contributed by atoms with E-state index in [-0.39, 0.29) is 6.42 Å². The fourth-order valence-electron chi connectivity index (χ4n) is 1.46. The molecule has 1 aromatic rings. The van der Waals surface area contributed by atoms with Crippen molar-refractivity contribution in [2.24, 2.45) is 0 Å². The zero-order valence-electron chi connectivity index (χ0n) is 8.73. The van der Waals surface area contributed by atoms with E-state index in [1.54, 1.807) is 18.2 Å². The Balaban J connectivity index is 2.76. The molecule has 0 bridgehead atoms. The lowest BCUT2D eigenvalue weighted by atomic mass is 10.0. The molecule has 15 heavy (non-hydrogen) atoms. The summed E-state index contributed by atoms with van der Waals surface area (Å²) >= 11 is 0. The van der Waals surface area contributed by atoms with E-state index in [1.807, 2.05) is 13.0 Å². The van der Waals surface area contributed by atoms with Crippen molar-refractivity contribution in [2.75, 3.05) is 7.05 Å². The van der Waals surface area contributed by atoms with Crippen LogP contribution in [0.1, 0.15) is 11.1 Å². The molecule has 0 heterocycles. The first-order valence-corrected chi connectivity index (χ1v) is 4.73. The summed E-state index contributed by atoms with van der Waals surface area (Å²) in [7, 11) is 1.33. The number of halogens is 3. The average molecular weight is 217 g/mol. The van der Waals surface area contributed by atoms with Gasteiger partial charge >= 0.3 is 6.18 Å². The van der Waals surface area contributed by atoms with Crippen LogP contribution in [0.3, 0.4) is 0 Å². The zero-order chi connectivity index (χ0) is 11.5. The van der Waals surface area contributed by atoms with Crippen LogP contribution >= 0.6 is 0 Å². The minimum Gasteiger partial charge on any atom is -0.309 e. The van der Waals surface area contributed by atoms with Crippen molar-refractivity contribution in [2.45, 2.75) is 25.6 Å². The fourth-order valence-corrected chi connectivity index (χ4v) is 1.46. The third-order valence-corrected chi connectivity index (χ3v) is 2.27. The van der Waals surface area contributed by atoms with E-state index < -0.39 is 12.2 Å². The fraction of sp³-hybridized carbons (Fsp3) is 0.455. The highest BCUT2D eigenvalue weighted by atomic mass is 19.4. The summed E-state index contributed by atoms with van der Waals surface area (Å²) in [6.45, 7) is 1.87. The monoisotopic (exact) mass is 217 g/mol. The molecule has 1 atom stereocenters. The van der Waals surface area contributed by atoms with Gasteiger partial charge in [-0.1, -0.05) is 29.8 Å². The van der Waals surface area contributed by atoms with Gasteiger partial charge in [-0.25, -0.2) is 0 Å². The lowest BCUT2D eigenvalue weighted by molar-refractivity contribution is -0.154. The molecule has 0 amide bonds. The second-order valence-electron chi connectivity index (χ2n) is 3.58. The van der Waals surface area contributed by atoms with Gasteiger partial charge in [0.15, 0.2) is 0 Å². The quantitative estimate of drug-likeness (QED) is 0.820. The van der Waals surface area contributed by atoms with E-state index in [0.29, 0.717) is 5.56 Å². The van der Waals surface area contributed by atoms with Crippen LogP contribution in [0, 0.1) is 6.92 Å². The van der Waals surface area contributed by atoms with E-state index in [2.05, 4.69) is 5.32 Å². The number of benzene rings is 1. The minimum atomic E-state index is -4.20. The molecule has 1 N–H and O–H groups in total. The number of nitrogens with one attached hydrogen (secondary N) is 1. The number of hydrogen-bond acceptors (Lipinski definition) is 1. The summed E-state index contributed by atoms with van der Waals surface area (Å²) < 4.78 is 37.3. The summed E-state index contributed by atoms with van der Waals surface area (Å²) in [5.74, 6) is 0. The van der Waals surface area contributed by atoms with Gasteiger partial charge in [0.05, 0.1) is 0 Å². The molecule has 0 aliphatic carbocycles. The Morgan fingerprint density at radius 2 is 2.00 bits per heavy atom. The number of aryl methyl sites for hydroxylation is 1. The molecule has 1 aromatic carbocycles. The van der Waals surface area contributed by atoms with Crippen LogP contribution in [0.5, 0.6) is 0 Å². The Hall–Kier alpha value is -1.03. The summed E-state index contributed by atoms with van der Waals surface area (Å²) in [5, 5.41) is 2.28. The van der Waals surface area contributed by atoms with Crippen LogP contribution in [0.25, 0.3) is 0 Å². The van der Waals surface area contributed by atoms with Gasteiger partial charge in [0.1, 0.15) is 6.04 Å². The number of alkyl halides is 3. The van der Waals surface area contributed by atoms with Crippen molar-refractivity contribution in [1.82, 2.24) is 5.32 Å².